The van der Waals surface area contributed by atoms with Gasteiger partial charge in [-0.15, -0.1) is 11.3 Å². The minimum Gasteiger partial charge on any atom is -0.393 e. The first kappa shape index (κ1) is 15.1. The van der Waals surface area contributed by atoms with Gasteiger partial charge in [-0.1, -0.05) is 36.0 Å². The molecule has 1 aromatic rings. The molecular weight excluding hydrogens is 305 g/mol. The molecule has 3 nitrogen and oxygen atoms in total. The standard InChI is InChI=1S/C13H17Cl2NO2S/c1-16(7-8-4-2-3-5-10(8)17)13(18)9-6-11(14)19-12(9)15/h6,8,10,17H,2-5,7H2,1H3. The summed E-state index contributed by atoms with van der Waals surface area (Å²) in [6.07, 6.45) is 3.69. The largest absolute Gasteiger partial charge is 0.393 e. The van der Waals surface area contributed by atoms with Crippen molar-refractivity contribution in [1.82, 2.24) is 4.90 Å². The third kappa shape index (κ3) is 3.63. The molecule has 1 saturated carbocycles. The Balaban J connectivity index is 2.01. The number of carbonyl (C=O) groups excluding carboxylic acids is 1. The summed E-state index contributed by atoms with van der Waals surface area (Å²) < 4.78 is 0.936. The monoisotopic (exact) mass is 321 g/mol. The lowest BCUT2D eigenvalue weighted by molar-refractivity contribution is 0.0451. The number of nitrogens with zero attached hydrogens (tertiary/aromatic N) is 1. The van der Waals surface area contributed by atoms with Crippen molar-refractivity contribution >= 4 is 40.4 Å². The van der Waals surface area contributed by atoms with Crippen LogP contribution in [0.5, 0.6) is 0 Å². The van der Waals surface area contributed by atoms with E-state index in [0.717, 1.165) is 25.7 Å². The molecule has 0 saturated heterocycles. The Labute approximate surface area is 127 Å². The fraction of sp³-hybridized carbons (Fsp3) is 0.615. The van der Waals surface area contributed by atoms with Crippen LogP contribution < -0.4 is 0 Å². The van der Waals surface area contributed by atoms with E-state index in [0.29, 0.717) is 20.8 Å². The molecule has 2 rings (SSSR count). The van der Waals surface area contributed by atoms with Crippen LogP contribution in [-0.2, 0) is 0 Å². The van der Waals surface area contributed by atoms with Gasteiger partial charge in [-0.2, -0.15) is 0 Å². The molecule has 1 aliphatic carbocycles. The molecule has 19 heavy (non-hydrogen) atoms. The van der Waals surface area contributed by atoms with Gasteiger partial charge in [-0.25, -0.2) is 0 Å². The van der Waals surface area contributed by atoms with Gasteiger partial charge in [0.05, 0.1) is 16.0 Å². The number of aliphatic hydroxyl groups is 1. The zero-order valence-corrected chi connectivity index (χ0v) is 13.1. The van der Waals surface area contributed by atoms with Crippen molar-refractivity contribution in [2.75, 3.05) is 13.6 Å². The lowest BCUT2D eigenvalue weighted by atomic mass is 9.86. The molecule has 1 fully saturated rings. The summed E-state index contributed by atoms with van der Waals surface area (Å²) in [6, 6.07) is 1.60. The zero-order chi connectivity index (χ0) is 14.0. The number of carbonyl (C=O) groups is 1. The van der Waals surface area contributed by atoms with Crippen LogP contribution >= 0.6 is 34.5 Å². The SMILES string of the molecule is CN(CC1CCCCC1O)C(=O)c1cc(Cl)sc1Cl. The predicted molar refractivity (Wildman–Crippen MR) is 79.3 cm³/mol. The predicted octanol–water partition coefficient (Wildman–Crippen LogP) is 3.68. The van der Waals surface area contributed by atoms with Crippen LogP contribution in [0.15, 0.2) is 6.07 Å². The van der Waals surface area contributed by atoms with Crippen LogP contribution in [0.25, 0.3) is 0 Å². The second-order valence-electron chi connectivity index (χ2n) is 5.04. The van der Waals surface area contributed by atoms with E-state index < -0.39 is 0 Å². The van der Waals surface area contributed by atoms with Crippen LogP contribution in [0.3, 0.4) is 0 Å². The summed E-state index contributed by atoms with van der Waals surface area (Å²) in [5.41, 5.74) is 0.449. The Kier molecular flexibility index (Phi) is 5.12. The normalized spacial score (nSPS) is 23.4. The molecule has 1 heterocycles. The Morgan fingerprint density at radius 1 is 1.47 bits per heavy atom. The molecule has 0 spiro atoms. The number of amides is 1. The molecule has 0 aliphatic heterocycles. The highest BCUT2D eigenvalue weighted by Crippen LogP contribution is 2.32. The van der Waals surface area contributed by atoms with Gasteiger partial charge in [0, 0.05) is 19.5 Å². The van der Waals surface area contributed by atoms with Crippen molar-refractivity contribution in [2.45, 2.75) is 31.8 Å². The molecule has 0 aromatic carbocycles. The second-order valence-corrected chi connectivity index (χ2v) is 7.32. The summed E-state index contributed by atoms with van der Waals surface area (Å²) in [6.45, 7) is 0.559. The summed E-state index contributed by atoms with van der Waals surface area (Å²) in [5, 5.41) is 9.95. The topological polar surface area (TPSA) is 40.5 Å². The van der Waals surface area contributed by atoms with Crippen molar-refractivity contribution in [3.05, 3.63) is 20.3 Å². The van der Waals surface area contributed by atoms with Crippen molar-refractivity contribution in [3.63, 3.8) is 0 Å². The van der Waals surface area contributed by atoms with Gasteiger partial charge in [-0.3, -0.25) is 4.79 Å². The maximum atomic E-state index is 12.3. The smallest absolute Gasteiger partial charge is 0.256 e. The number of hydrogen-bond donors (Lipinski definition) is 1. The summed E-state index contributed by atoms with van der Waals surface area (Å²) in [4.78, 5) is 13.9. The van der Waals surface area contributed by atoms with E-state index in [1.54, 1.807) is 18.0 Å². The second kappa shape index (κ2) is 6.44. The number of aliphatic hydroxyl groups excluding tert-OH is 1. The van der Waals surface area contributed by atoms with Gasteiger partial charge in [-0.05, 0) is 18.9 Å². The van der Waals surface area contributed by atoms with Gasteiger partial charge in [0.15, 0.2) is 0 Å². The summed E-state index contributed by atoms with van der Waals surface area (Å²) in [5.74, 6) is 0.0292. The third-order valence-corrected chi connectivity index (χ3v) is 5.10. The first-order chi connectivity index (χ1) is 8.99. The Morgan fingerprint density at radius 2 is 2.16 bits per heavy atom. The molecule has 6 heteroatoms. The summed E-state index contributed by atoms with van der Waals surface area (Å²) >= 11 is 13.0. The highest BCUT2D eigenvalue weighted by Gasteiger charge is 2.27. The number of hydrogen-bond acceptors (Lipinski definition) is 3. The maximum absolute atomic E-state index is 12.3. The Hall–Kier alpha value is -0.290. The first-order valence-electron chi connectivity index (χ1n) is 6.37. The molecule has 2 atom stereocenters. The van der Waals surface area contributed by atoms with Gasteiger partial charge in [0.2, 0.25) is 0 Å². The zero-order valence-electron chi connectivity index (χ0n) is 10.7. The van der Waals surface area contributed by atoms with Gasteiger partial charge < -0.3 is 10.0 Å². The molecular formula is C13H17Cl2NO2S. The van der Waals surface area contributed by atoms with Crippen LogP contribution in [0, 0.1) is 5.92 Å². The summed E-state index contributed by atoms with van der Waals surface area (Å²) in [7, 11) is 1.74. The van der Waals surface area contributed by atoms with E-state index >= 15 is 0 Å². The van der Waals surface area contributed by atoms with Crippen LogP contribution in [0.4, 0.5) is 0 Å². The Morgan fingerprint density at radius 3 is 2.74 bits per heavy atom. The molecule has 1 aromatic heterocycles. The average molecular weight is 322 g/mol. The van der Waals surface area contributed by atoms with Crippen LogP contribution in [-0.4, -0.2) is 35.6 Å². The van der Waals surface area contributed by atoms with E-state index in [4.69, 9.17) is 23.2 Å². The number of thiophene rings is 1. The van der Waals surface area contributed by atoms with Gasteiger partial charge in [0.25, 0.3) is 5.91 Å². The molecule has 1 N–H and O–H groups in total. The maximum Gasteiger partial charge on any atom is 0.256 e. The van der Waals surface area contributed by atoms with E-state index in [9.17, 15) is 9.90 Å². The van der Waals surface area contributed by atoms with Crippen molar-refractivity contribution < 1.29 is 9.90 Å². The number of rotatable bonds is 3. The van der Waals surface area contributed by atoms with Crippen molar-refractivity contribution in [1.29, 1.82) is 0 Å². The fourth-order valence-electron chi connectivity index (χ4n) is 2.53. The average Bonchev–Trinajstić information content (AvgIpc) is 2.70. The lowest BCUT2D eigenvalue weighted by Gasteiger charge is -2.31. The molecule has 1 amide bonds. The van der Waals surface area contributed by atoms with E-state index in [1.807, 2.05) is 0 Å². The van der Waals surface area contributed by atoms with Crippen LogP contribution in [0.2, 0.25) is 8.67 Å². The molecule has 1 aliphatic rings. The highest BCUT2D eigenvalue weighted by atomic mass is 35.5. The fourth-order valence-corrected chi connectivity index (χ4v) is 3.98. The first-order valence-corrected chi connectivity index (χ1v) is 7.94. The van der Waals surface area contributed by atoms with Crippen molar-refractivity contribution in [3.8, 4) is 0 Å². The van der Waals surface area contributed by atoms with E-state index in [-0.39, 0.29) is 17.9 Å². The van der Waals surface area contributed by atoms with Gasteiger partial charge in [0.1, 0.15) is 4.34 Å². The molecule has 106 valence electrons. The molecule has 2 unspecified atom stereocenters. The molecule has 0 bridgehead atoms. The van der Waals surface area contributed by atoms with E-state index in [1.165, 1.54) is 11.3 Å². The molecule has 0 radical (unpaired) electrons. The van der Waals surface area contributed by atoms with Gasteiger partial charge >= 0.3 is 0 Å². The van der Waals surface area contributed by atoms with Crippen LogP contribution in [0.1, 0.15) is 36.0 Å². The quantitative estimate of drug-likeness (QED) is 0.922. The number of halogens is 2. The lowest BCUT2D eigenvalue weighted by Crippen LogP contribution is -2.38. The highest BCUT2D eigenvalue weighted by molar-refractivity contribution is 7.20. The Bertz CT molecular complexity index is 463. The minimum absolute atomic E-state index is 0.133. The van der Waals surface area contributed by atoms with E-state index in [2.05, 4.69) is 0 Å². The van der Waals surface area contributed by atoms with Crippen molar-refractivity contribution in [2.24, 2.45) is 5.92 Å². The third-order valence-electron chi connectivity index (χ3n) is 3.61. The minimum atomic E-state index is -0.300.